The number of halogens is 1. The molecule has 1 unspecified atom stereocenters. The molecular weight excluding hydrogens is 451 g/mol. The van der Waals surface area contributed by atoms with Crippen LogP contribution in [0.2, 0.25) is 0 Å². The molecule has 0 radical (unpaired) electrons. The van der Waals surface area contributed by atoms with E-state index in [4.69, 9.17) is 9.47 Å². The zero-order chi connectivity index (χ0) is 25.5. The highest BCUT2D eigenvalue weighted by molar-refractivity contribution is 6.46. The molecule has 188 valence electrons. The van der Waals surface area contributed by atoms with Crippen LogP contribution in [-0.2, 0) is 9.59 Å². The number of ether oxygens (including phenoxy) is 2. The number of carbonyl (C=O) groups excluding carboxylic acids is 2. The minimum absolute atomic E-state index is 0.150. The number of rotatable bonds is 11. The molecule has 0 aliphatic carbocycles. The van der Waals surface area contributed by atoms with Gasteiger partial charge in [-0.25, -0.2) is 4.39 Å². The highest BCUT2D eigenvalue weighted by atomic mass is 19.1. The fourth-order valence-corrected chi connectivity index (χ4v) is 4.29. The van der Waals surface area contributed by atoms with Crippen molar-refractivity contribution in [3.8, 4) is 11.5 Å². The van der Waals surface area contributed by atoms with Gasteiger partial charge in [-0.15, -0.1) is 0 Å². The molecule has 2 aromatic carbocycles. The molecule has 1 N–H and O–H groups in total. The van der Waals surface area contributed by atoms with Gasteiger partial charge in [0.1, 0.15) is 23.1 Å². The zero-order valence-corrected chi connectivity index (χ0v) is 20.7. The minimum atomic E-state index is -1.06. The van der Waals surface area contributed by atoms with Crippen LogP contribution in [0.25, 0.3) is 5.76 Å². The van der Waals surface area contributed by atoms with Crippen molar-refractivity contribution in [2.75, 3.05) is 39.4 Å². The summed E-state index contributed by atoms with van der Waals surface area (Å²) in [6.07, 6.45) is 0. The Kier molecular flexibility index (Phi) is 8.87. The number of nitrogens with zero attached hydrogens (tertiary/aromatic N) is 2. The van der Waals surface area contributed by atoms with E-state index < -0.39 is 29.3 Å². The topological polar surface area (TPSA) is 79.3 Å². The maximum absolute atomic E-state index is 15.0. The minimum Gasteiger partial charge on any atom is -0.507 e. The number of amides is 1. The van der Waals surface area contributed by atoms with Gasteiger partial charge < -0.3 is 24.4 Å². The van der Waals surface area contributed by atoms with Crippen molar-refractivity contribution in [3.05, 3.63) is 65.0 Å². The average Bonchev–Trinajstić information content (AvgIpc) is 3.10. The second-order valence-electron chi connectivity index (χ2n) is 8.06. The summed E-state index contributed by atoms with van der Waals surface area (Å²) in [5.41, 5.74) is 0.222. The number of likely N-dealkylation sites (N-methyl/N-ethyl adjacent to an activating group) is 1. The van der Waals surface area contributed by atoms with Crippen molar-refractivity contribution in [2.45, 2.75) is 33.7 Å². The summed E-state index contributed by atoms with van der Waals surface area (Å²) in [5, 5.41) is 11.4. The second kappa shape index (κ2) is 11.8. The van der Waals surface area contributed by atoms with Gasteiger partial charge in [0.2, 0.25) is 0 Å². The van der Waals surface area contributed by atoms with Crippen molar-refractivity contribution >= 4 is 17.4 Å². The van der Waals surface area contributed by atoms with Gasteiger partial charge in [-0.3, -0.25) is 9.59 Å². The van der Waals surface area contributed by atoms with Crippen LogP contribution in [0.5, 0.6) is 11.5 Å². The fourth-order valence-electron chi connectivity index (χ4n) is 4.29. The number of aliphatic hydroxyl groups excluding tert-OH is 1. The molecule has 1 heterocycles. The molecule has 1 atom stereocenters. The van der Waals surface area contributed by atoms with Crippen LogP contribution in [0.1, 0.15) is 44.9 Å². The Morgan fingerprint density at radius 3 is 2.34 bits per heavy atom. The van der Waals surface area contributed by atoms with Crippen LogP contribution in [0.15, 0.2) is 48.0 Å². The summed E-state index contributed by atoms with van der Waals surface area (Å²) in [7, 11) is 0. The second-order valence-corrected chi connectivity index (χ2v) is 8.06. The van der Waals surface area contributed by atoms with Crippen molar-refractivity contribution in [1.29, 1.82) is 0 Å². The van der Waals surface area contributed by atoms with Gasteiger partial charge in [-0.05, 0) is 45.1 Å². The molecule has 1 aliphatic heterocycles. The van der Waals surface area contributed by atoms with Crippen LogP contribution in [0.3, 0.4) is 0 Å². The van der Waals surface area contributed by atoms with Gasteiger partial charge in [0, 0.05) is 24.7 Å². The summed E-state index contributed by atoms with van der Waals surface area (Å²) in [6, 6.07) is 9.78. The quantitative estimate of drug-likeness (QED) is 0.290. The van der Waals surface area contributed by atoms with E-state index in [9.17, 15) is 19.1 Å². The van der Waals surface area contributed by atoms with E-state index in [2.05, 4.69) is 4.90 Å². The standard InChI is InChI=1S/C27H33FN2O5/c1-5-29(6-2)15-16-30-24(19-11-9-10-12-21(19)28)23(26(32)27(30)33)25(31)20-14-13-18(34-7-3)17-22(20)35-8-4/h9-14,17,24,31H,5-8,15-16H2,1-4H3/b25-23+. The first-order valence-electron chi connectivity index (χ1n) is 12.0. The largest absolute Gasteiger partial charge is 0.507 e. The first-order valence-corrected chi connectivity index (χ1v) is 12.0. The van der Waals surface area contributed by atoms with E-state index in [1.54, 1.807) is 37.3 Å². The molecule has 1 aliphatic rings. The molecule has 0 aromatic heterocycles. The van der Waals surface area contributed by atoms with Gasteiger partial charge in [0.25, 0.3) is 11.7 Å². The average molecular weight is 485 g/mol. The molecule has 7 nitrogen and oxygen atoms in total. The van der Waals surface area contributed by atoms with Gasteiger partial charge in [0.15, 0.2) is 0 Å². The summed E-state index contributed by atoms with van der Waals surface area (Å²) in [4.78, 5) is 29.8. The molecule has 35 heavy (non-hydrogen) atoms. The normalized spacial score (nSPS) is 17.3. The summed E-state index contributed by atoms with van der Waals surface area (Å²) in [6.45, 7) is 10.7. The number of ketones is 1. The lowest BCUT2D eigenvalue weighted by Gasteiger charge is -2.28. The maximum Gasteiger partial charge on any atom is 0.295 e. The van der Waals surface area contributed by atoms with E-state index in [1.807, 2.05) is 20.8 Å². The third-order valence-electron chi connectivity index (χ3n) is 6.11. The Morgan fingerprint density at radius 1 is 1.03 bits per heavy atom. The molecule has 1 fully saturated rings. The molecule has 1 amide bonds. The van der Waals surface area contributed by atoms with Gasteiger partial charge in [-0.1, -0.05) is 32.0 Å². The maximum atomic E-state index is 15.0. The third kappa shape index (κ3) is 5.48. The van der Waals surface area contributed by atoms with E-state index in [0.29, 0.717) is 31.3 Å². The monoisotopic (exact) mass is 484 g/mol. The molecule has 8 heteroatoms. The lowest BCUT2D eigenvalue weighted by Crippen LogP contribution is -2.38. The Balaban J connectivity index is 2.16. The molecule has 0 bridgehead atoms. The molecule has 0 spiro atoms. The van der Waals surface area contributed by atoms with E-state index in [1.165, 1.54) is 17.0 Å². The summed E-state index contributed by atoms with van der Waals surface area (Å²) < 4.78 is 26.2. The Labute approximate surface area is 205 Å². The number of hydrogen-bond acceptors (Lipinski definition) is 6. The van der Waals surface area contributed by atoms with Crippen LogP contribution in [-0.4, -0.2) is 66.0 Å². The van der Waals surface area contributed by atoms with Crippen molar-refractivity contribution < 1.29 is 28.6 Å². The number of Topliss-reactive ketones (excluding diaryl/α,β-unsaturated/α-hetero) is 1. The molecule has 1 saturated heterocycles. The highest BCUT2D eigenvalue weighted by Crippen LogP contribution is 2.42. The van der Waals surface area contributed by atoms with E-state index in [0.717, 1.165) is 13.1 Å². The van der Waals surface area contributed by atoms with Gasteiger partial charge in [0.05, 0.1) is 30.4 Å². The van der Waals surface area contributed by atoms with Crippen LogP contribution in [0.4, 0.5) is 4.39 Å². The predicted octanol–water partition coefficient (Wildman–Crippen LogP) is 4.39. The Hall–Kier alpha value is -3.39. The first kappa shape index (κ1) is 26.2. The highest BCUT2D eigenvalue weighted by Gasteiger charge is 2.47. The first-order chi connectivity index (χ1) is 16.9. The molecular formula is C27H33FN2O5. The van der Waals surface area contributed by atoms with Crippen LogP contribution >= 0.6 is 0 Å². The molecule has 0 saturated carbocycles. The van der Waals surface area contributed by atoms with Crippen molar-refractivity contribution in [2.24, 2.45) is 0 Å². The number of carbonyl (C=O) groups is 2. The van der Waals surface area contributed by atoms with Crippen molar-refractivity contribution in [1.82, 2.24) is 9.80 Å². The number of benzene rings is 2. The third-order valence-corrected chi connectivity index (χ3v) is 6.11. The summed E-state index contributed by atoms with van der Waals surface area (Å²) in [5.74, 6) is -1.75. The van der Waals surface area contributed by atoms with E-state index >= 15 is 0 Å². The fraction of sp³-hybridized carbons (Fsp3) is 0.407. The van der Waals surface area contributed by atoms with Crippen LogP contribution in [0, 0.1) is 5.82 Å². The van der Waals surface area contributed by atoms with Gasteiger partial charge >= 0.3 is 0 Å². The lowest BCUT2D eigenvalue weighted by atomic mass is 9.94. The molecule has 2 aromatic rings. The summed E-state index contributed by atoms with van der Waals surface area (Å²) >= 11 is 0. The van der Waals surface area contributed by atoms with Crippen LogP contribution < -0.4 is 9.47 Å². The van der Waals surface area contributed by atoms with Crippen molar-refractivity contribution in [3.63, 3.8) is 0 Å². The van der Waals surface area contributed by atoms with Gasteiger partial charge in [-0.2, -0.15) is 0 Å². The lowest BCUT2D eigenvalue weighted by molar-refractivity contribution is -0.140. The zero-order valence-electron chi connectivity index (χ0n) is 20.7. The number of hydrogen-bond donors (Lipinski definition) is 1. The van der Waals surface area contributed by atoms with E-state index in [-0.39, 0.29) is 23.2 Å². The Bertz CT molecular complexity index is 1100. The molecule has 3 rings (SSSR count). The predicted molar refractivity (Wildman–Crippen MR) is 132 cm³/mol. The SMILES string of the molecule is CCOc1ccc(/C(O)=C2\C(=O)C(=O)N(CCN(CC)CC)C2c2ccccc2F)c(OCC)c1. The smallest absolute Gasteiger partial charge is 0.295 e. The number of aliphatic hydroxyl groups is 1. The Morgan fingerprint density at radius 2 is 1.71 bits per heavy atom. The number of likely N-dealkylation sites (tertiary alicyclic amines) is 1.